The van der Waals surface area contributed by atoms with Crippen molar-refractivity contribution in [3.63, 3.8) is 0 Å². The molecule has 1 atom stereocenters. The Balaban J connectivity index is 1.38. The molecule has 0 bridgehead atoms. The summed E-state index contributed by atoms with van der Waals surface area (Å²) in [5.41, 5.74) is 6.70. The fourth-order valence-electron chi connectivity index (χ4n) is 3.82. The molecule has 1 unspecified atom stereocenters. The van der Waals surface area contributed by atoms with Crippen LogP contribution in [0.25, 0.3) is 22.4 Å². The number of carboxylic acid groups (broad SMARTS) is 1. The highest BCUT2D eigenvalue weighted by molar-refractivity contribution is 7.14. The van der Waals surface area contributed by atoms with Crippen LogP contribution >= 0.6 is 11.3 Å². The lowest BCUT2D eigenvalue weighted by atomic mass is 9.94. The first kappa shape index (κ1) is 25.3. The first-order chi connectivity index (χ1) is 17.4. The molecule has 4 aromatic rings. The van der Waals surface area contributed by atoms with Gasteiger partial charge in [-0.1, -0.05) is 66.2 Å². The van der Waals surface area contributed by atoms with Crippen molar-refractivity contribution >= 4 is 33.9 Å². The average molecular weight is 501 g/mol. The summed E-state index contributed by atoms with van der Waals surface area (Å²) in [6.07, 6.45) is 0.269. The molecule has 1 aromatic heterocycles. The zero-order chi connectivity index (χ0) is 25.5. The molecule has 0 saturated heterocycles. The van der Waals surface area contributed by atoms with E-state index in [4.69, 9.17) is 9.72 Å². The number of aromatic nitrogens is 1. The van der Waals surface area contributed by atoms with E-state index in [1.54, 1.807) is 23.5 Å². The Morgan fingerprint density at radius 2 is 1.56 bits per heavy atom. The minimum absolute atomic E-state index is 0.0409. The van der Waals surface area contributed by atoms with Crippen LogP contribution in [0.4, 0.5) is 10.8 Å². The summed E-state index contributed by atoms with van der Waals surface area (Å²) in [5, 5.41) is 15.6. The second kappa shape index (κ2) is 11.7. The number of Topliss-reactive ketones (excluding diaryl/α,β-unsaturated/α-hetero) is 1. The monoisotopic (exact) mass is 500 g/mol. The number of carbonyl (C=O) groups excluding carboxylic acids is 1. The van der Waals surface area contributed by atoms with Gasteiger partial charge in [0.25, 0.3) is 0 Å². The van der Waals surface area contributed by atoms with Crippen molar-refractivity contribution in [2.24, 2.45) is 5.92 Å². The van der Waals surface area contributed by atoms with Crippen molar-refractivity contribution in [2.75, 3.05) is 19.0 Å². The highest BCUT2D eigenvalue weighted by atomic mass is 32.1. The van der Waals surface area contributed by atoms with Gasteiger partial charge in [0, 0.05) is 42.3 Å². The number of nitrogens with zero attached hydrogens (tertiary/aromatic N) is 1. The van der Waals surface area contributed by atoms with Crippen molar-refractivity contribution in [3.05, 3.63) is 89.3 Å². The summed E-state index contributed by atoms with van der Waals surface area (Å²) in [5.74, 6) is -1.91. The van der Waals surface area contributed by atoms with Gasteiger partial charge in [-0.15, -0.1) is 11.3 Å². The summed E-state index contributed by atoms with van der Waals surface area (Å²) in [6, 6.07) is 23.6. The Morgan fingerprint density at radius 3 is 2.17 bits per heavy atom. The molecule has 1 heterocycles. The van der Waals surface area contributed by atoms with Gasteiger partial charge in [-0.25, -0.2) is 4.98 Å². The van der Waals surface area contributed by atoms with Crippen LogP contribution in [0.2, 0.25) is 0 Å². The maximum Gasteiger partial charge on any atom is 0.307 e. The molecule has 36 heavy (non-hydrogen) atoms. The standard InChI is InChI=1S/C29H28N2O4S/c1-19-3-5-22(6-4-19)26-18-36-29(31-26)30-25-13-11-21(12-14-25)20-7-9-23(10-8-20)27(32)17-24(28(33)34)15-16-35-2/h3-14,18,24H,15-17H2,1-2H3,(H,30,31)(H,33,34). The maximum atomic E-state index is 12.6. The number of carboxylic acids is 1. The van der Waals surface area contributed by atoms with Gasteiger partial charge in [-0.05, 0) is 36.6 Å². The van der Waals surface area contributed by atoms with Gasteiger partial charge in [0.2, 0.25) is 0 Å². The van der Waals surface area contributed by atoms with Gasteiger partial charge in [-0.3, -0.25) is 9.59 Å². The van der Waals surface area contributed by atoms with E-state index in [9.17, 15) is 14.7 Å². The van der Waals surface area contributed by atoms with Crippen LogP contribution < -0.4 is 5.32 Å². The van der Waals surface area contributed by atoms with Crippen LogP contribution in [0.5, 0.6) is 0 Å². The zero-order valence-electron chi connectivity index (χ0n) is 20.2. The van der Waals surface area contributed by atoms with Crippen LogP contribution in [-0.4, -0.2) is 35.6 Å². The predicted octanol–water partition coefficient (Wildman–Crippen LogP) is 6.84. The molecule has 0 aliphatic carbocycles. The lowest BCUT2D eigenvalue weighted by Gasteiger charge is -2.11. The summed E-state index contributed by atoms with van der Waals surface area (Å²) in [4.78, 5) is 28.7. The molecule has 0 aliphatic heterocycles. The van der Waals surface area contributed by atoms with E-state index < -0.39 is 11.9 Å². The molecule has 4 rings (SSSR count). The number of carbonyl (C=O) groups is 2. The van der Waals surface area contributed by atoms with Gasteiger partial charge < -0.3 is 15.2 Å². The minimum Gasteiger partial charge on any atom is -0.481 e. The molecule has 6 nitrogen and oxygen atoms in total. The molecule has 0 spiro atoms. The molecule has 2 N–H and O–H groups in total. The number of aryl methyl sites for hydroxylation is 1. The van der Waals surface area contributed by atoms with Gasteiger partial charge in [0.1, 0.15) is 0 Å². The molecule has 0 fully saturated rings. The summed E-state index contributed by atoms with van der Waals surface area (Å²) < 4.78 is 4.96. The van der Waals surface area contributed by atoms with E-state index in [0.29, 0.717) is 18.6 Å². The Labute approximate surface area is 214 Å². The molecule has 0 radical (unpaired) electrons. The van der Waals surface area contributed by atoms with E-state index >= 15 is 0 Å². The largest absolute Gasteiger partial charge is 0.481 e. The SMILES string of the molecule is COCCC(CC(=O)c1ccc(-c2ccc(Nc3nc(-c4ccc(C)cc4)cs3)cc2)cc1)C(=O)O. The van der Waals surface area contributed by atoms with Crippen LogP contribution in [0.15, 0.2) is 78.2 Å². The van der Waals surface area contributed by atoms with E-state index in [2.05, 4.69) is 36.5 Å². The Kier molecular flexibility index (Phi) is 8.25. The van der Waals surface area contributed by atoms with Crippen LogP contribution in [-0.2, 0) is 9.53 Å². The van der Waals surface area contributed by atoms with E-state index in [0.717, 1.165) is 33.2 Å². The van der Waals surface area contributed by atoms with Gasteiger partial charge >= 0.3 is 5.97 Å². The quantitative estimate of drug-likeness (QED) is 0.219. The average Bonchev–Trinajstić information content (AvgIpc) is 3.35. The number of aliphatic carboxylic acids is 1. The van der Waals surface area contributed by atoms with Crippen molar-refractivity contribution in [1.29, 1.82) is 0 Å². The lowest BCUT2D eigenvalue weighted by Crippen LogP contribution is -2.19. The van der Waals surface area contributed by atoms with Crippen LogP contribution in [0.3, 0.4) is 0 Å². The predicted molar refractivity (Wildman–Crippen MR) is 144 cm³/mol. The van der Waals surface area contributed by atoms with Gasteiger partial charge in [0.05, 0.1) is 11.6 Å². The summed E-state index contributed by atoms with van der Waals surface area (Å²) >= 11 is 1.56. The molecule has 3 aromatic carbocycles. The number of benzene rings is 3. The number of ether oxygens (including phenoxy) is 1. The first-order valence-electron chi connectivity index (χ1n) is 11.7. The number of rotatable bonds is 11. The second-order valence-electron chi connectivity index (χ2n) is 8.63. The summed E-state index contributed by atoms with van der Waals surface area (Å²) in [7, 11) is 1.52. The Hall–Kier alpha value is -3.81. The number of nitrogens with one attached hydrogen (secondary N) is 1. The lowest BCUT2D eigenvalue weighted by molar-refractivity contribution is -0.142. The maximum absolute atomic E-state index is 12.6. The zero-order valence-corrected chi connectivity index (χ0v) is 21.0. The second-order valence-corrected chi connectivity index (χ2v) is 9.49. The third-order valence-corrected chi connectivity index (χ3v) is 6.74. The number of methoxy groups -OCH3 is 1. The van der Waals surface area contributed by atoms with Crippen molar-refractivity contribution in [2.45, 2.75) is 19.8 Å². The van der Waals surface area contributed by atoms with E-state index in [1.165, 1.54) is 12.7 Å². The number of thiazole rings is 1. The molecule has 0 aliphatic rings. The van der Waals surface area contributed by atoms with Crippen molar-refractivity contribution < 1.29 is 19.4 Å². The van der Waals surface area contributed by atoms with Gasteiger partial charge in [0.15, 0.2) is 10.9 Å². The number of hydrogen-bond donors (Lipinski definition) is 2. The van der Waals surface area contributed by atoms with E-state index in [1.807, 2.05) is 41.8 Å². The van der Waals surface area contributed by atoms with Crippen molar-refractivity contribution in [1.82, 2.24) is 4.98 Å². The highest BCUT2D eigenvalue weighted by Crippen LogP contribution is 2.29. The Bertz CT molecular complexity index is 1310. The van der Waals surface area contributed by atoms with Gasteiger partial charge in [-0.2, -0.15) is 0 Å². The first-order valence-corrected chi connectivity index (χ1v) is 12.6. The fourth-order valence-corrected chi connectivity index (χ4v) is 4.56. The Morgan fingerprint density at radius 1 is 0.944 bits per heavy atom. The molecular weight excluding hydrogens is 472 g/mol. The fraction of sp³-hybridized carbons (Fsp3) is 0.207. The van der Waals surface area contributed by atoms with Crippen LogP contribution in [0, 0.1) is 12.8 Å². The summed E-state index contributed by atoms with van der Waals surface area (Å²) in [6.45, 7) is 2.38. The highest BCUT2D eigenvalue weighted by Gasteiger charge is 2.21. The molecule has 184 valence electrons. The van der Waals surface area contributed by atoms with Crippen molar-refractivity contribution in [3.8, 4) is 22.4 Å². The molecular formula is C29H28N2O4S. The topological polar surface area (TPSA) is 88.5 Å². The third-order valence-electron chi connectivity index (χ3n) is 5.98. The number of anilines is 2. The van der Waals surface area contributed by atoms with E-state index in [-0.39, 0.29) is 12.2 Å². The normalized spacial score (nSPS) is 11.7. The molecule has 0 amide bonds. The molecule has 7 heteroatoms. The number of hydrogen-bond acceptors (Lipinski definition) is 6. The van der Waals surface area contributed by atoms with Crippen LogP contribution in [0.1, 0.15) is 28.8 Å². The smallest absolute Gasteiger partial charge is 0.307 e. The third kappa shape index (κ3) is 6.44. The molecule has 0 saturated carbocycles. The minimum atomic E-state index is -0.977. The number of ketones is 1.